The first-order valence-electron chi connectivity index (χ1n) is 2.69. The minimum Gasteiger partial charge on any atom is -0.0652 e. The predicted molar refractivity (Wildman–Crippen MR) is 29.5 cm³/mol. The fraction of sp³-hybridized carbons (Fsp3) is 0.833. The van der Waals surface area contributed by atoms with E-state index in [9.17, 15) is 0 Å². The number of hydrogen-bond acceptors (Lipinski definition) is 0. The summed E-state index contributed by atoms with van der Waals surface area (Å²) in [5, 5.41) is 0. The first kappa shape index (κ1) is 5.87. The third kappa shape index (κ3) is 3.87. The van der Waals surface area contributed by atoms with E-state index in [1.54, 1.807) is 0 Å². The summed E-state index contributed by atoms with van der Waals surface area (Å²) in [5.74, 6) is 0. The summed E-state index contributed by atoms with van der Waals surface area (Å²) in [6.07, 6.45) is 6.18. The van der Waals surface area contributed by atoms with Gasteiger partial charge >= 0.3 is 0 Å². The second-order valence-corrected chi connectivity index (χ2v) is 1.55. The van der Waals surface area contributed by atoms with Crippen LogP contribution in [-0.2, 0) is 0 Å². The van der Waals surface area contributed by atoms with Crippen LogP contribution in [0.4, 0.5) is 0 Å². The van der Waals surface area contributed by atoms with Crippen LogP contribution < -0.4 is 0 Å². The van der Waals surface area contributed by atoms with Crippen LogP contribution in [0.1, 0.15) is 33.1 Å². The average molecular weight is 85.2 g/mol. The van der Waals surface area contributed by atoms with Crippen molar-refractivity contribution >= 4 is 0 Å². The van der Waals surface area contributed by atoms with Gasteiger partial charge in [0.2, 0.25) is 0 Å². The zero-order valence-corrected chi connectivity index (χ0v) is 4.70. The van der Waals surface area contributed by atoms with Gasteiger partial charge < -0.3 is 0 Å². The molecule has 0 amide bonds. The Morgan fingerprint density at radius 1 is 1.50 bits per heavy atom. The van der Waals surface area contributed by atoms with Crippen molar-refractivity contribution < 1.29 is 0 Å². The molecule has 6 heavy (non-hydrogen) atoms. The molecule has 0 aliphatic carbocycles. The SMILES string of the molecule is C[CH+]CCCC. The summed E-state index contributed by atoms with van der Waals surface area (Å²) in [7, 11) is 0. The average Bonchev–Trinajstić information content (AvgIpc) is 1.61. The minimum absolute atomic E-state index is 1.29. The summed E-state index contributed by atoms with van der Waals surface area (Å²) in [5.41, 5.74) is 0. The molecule has 0 rings (SSSR count). The van der Waals surface area contributed by atoms with E-state index < -0.39 is 0 Å². The van der Waals surface area contributed by atoms with Crippen LogP contribution in [0.25, 0.3) is 0 Å². The molecular weight excluding hydrogens is 72.1 g/mol. The third-order valence-corrected chi connectivity index (χ3v) is 0.846. The van der Waals surface area contributed by atoms with Gasteiger partial charge in [0.05, 0.1) is 19.8 Å². The van der Waals surface area contributed by atoms with Gasteiger partial charge in [0, 0.05) is 0 Å². The van der Waals surface area contributed by atoms with Gasteiger partial charge in [-0.1, -0.05) is 13.3 Å². The highest BCUT2D eigenvalue weighted by molar-refractivity contribution is 4.52. The van der Waals surface area contributed by atoms with Crippen molar-refractivity contribution in [2.24, 2.45) is 0 Å². The highest BCUT2D eigenvalue weighted by atomic mass is 13.8. The molecular formula is C6H13+. The molecule has 36 valence electrons. The Morgan fingerprint density at radius 2 is 2.17 bits per heavy atom. The summed E-state index contributed by atoms with van der Waals surface area (Å²) in [4.78, 5) is 0. The van der Waals surface area contributed by atoms with Gasteiger partial charge in [-0.3, -0.25) is 0 Å². The fourth-order valence-corrected chi connectivity index (χ4v) is 0.408. The highest BCUT2D eigenvalue weighted by Crippen LogP contribution is 1.94. The lowest BCUT2D eigenvalue weighted by Crippen LogP contribution is -1.67. The van der Waals surface area contributed by atoms with Crippen LogP contribution in [-0.4, -0.2) is 0 Å². The van der Waals surface area contributed by atoms with Crippen molar-refractivity contribution in [3.63, 3.8) is 0 Å². The van der Waals surface area contributed by atoms with E-state index in [0.717, 1.165) is 0 Å². The molecule has 0 saturated heterocycles. The van der Waals surface area contributed by atoms with Gasteiger partial charge in [0.15, 0.2) is 0 Å². The largest absolute Gasteiger partial charge is 0.0872 e. The van der Waals surface area contributed by atoms with Crippen molar-refractivity contribution in [2.45, 2.75) is 33.1 Å². The van der Waals surface area contributed by atoms with E-state index in [0.29, 0.717) is 0 Å². The van der Waals surface area contributed by atoms with E-state index in [-0.39, 0.29) is 0 Å². The molecule has 0 saturated carbocycles. The molecule has 0 unspecified atom stereocenters. The molecule has 0 heteroatoms. The molecule has 0 aromatic rings. The van der Waals surface area contributed by atoms with E-state index in [4.69, 9.17) is 0 Å². The van der Waals surface area contributed by atoms with Gasteiger partial charge in [-0.25, -0.2) is 0 Å². The quantitative estimate of drug-likeness (QED) is 0.364. The Labute approximate surface area is 40.6 Å². The summed E-state index contributed by atoms with van der Waals surface area (Å²) in [6.45, 7) is 4.32. The first-order valence-corrected chi connectivity index (χ1v) is 2.69. The van der Waals surface area contributed by atoms with Crippen LogP contribution in [0.2, 0.25) is 0 Å². The number of hydrogen-bond donors (Lipinski definition) is 0. The van der Waals surface area contributed by atoms with Crippen molar-refractivity contribution in [3.8, 4) is 0 Å². The molecule has 0 aromatic heterocycles. The molecule has 0 nitrogen and oxygen atoms in total. The Bertz CT molecular complexity index is 12.0. The van der Waals surface area contributed by atoms with E-state index >= 15 is 0 Å². The second kappa shape index (κ2) is 4.87. The van der Waals surface area contributed by atoms with Crippen LogP contribution >= 0.6 is 0 Å². The molecule has 0 aliphatic rings. The molecule has 0 N–H and O–H groups in total. The van der Waals surface area contributed by atoms with Crippen LogP contribution in [0, 0.1) is 6.42 Å². The normalized spacial score (nSPS) is 8.33. The lowest BCUT2D eigenvalue weighted by molar-refractivity contribution is 0.784. The van der Waals surface area contributed by atoms with Crippen LogP contribution in [0.15, 0.2) is 0 Å². The van der Waals surface area contributed by atoms with Gasteiger partial charge in [0.1, 0.15) is 0 Å². The van der Waals surface area contributed by atoms with Gasteiger partial charge in [-0.2, -0.15) is 0 Å². The summed E-state index contributed by atoms with van der Waals surface area (Å²) < 4.78 is 0. The van der Waals surface area contributed by atoms with Gasteiger partial charge in [-0.05, 0) is 6.42 Å². The third-order valence-electron chi connectivity index (χ3n) is 0.846. The van der Waals surface area contributed by atoms with Gasteiger partial charge in [0.25, 0.3) is 0 Å². The van der Waals surface area contributed by atoms with E-state index in [1.165, 1.54) is 19.3 Å². The Morgan fingerprint density at radius 3 is 2.33 bits per heavy atom. The maximum atomic E-state index is 2.21. The highest BCUT2D eigenvalue weighted by Gasteiger charge is 1.83. The molecule has 0 radical (unpaired) electrons. The van der Waals surface area contributed by atoms with Gasteiger partial charge in [-0.15, -0.1) is 0 Å². The predicted octanol–water partition coefficient (Wildman–Crippen LogP) is 2.40. The molecule has 0 heterocycles. The summed E-state index contributed by atoms with van der Waals surface area (Å²) in [6, 6.07) is 0. The fourth-order valence-electron chi connectivity index (χ4n) is 0.408. The molecule has 0 fully saturated rings. The second-order valence-electron chi connectivity index (χ2n) is 1.55. The standard InChI is InChI=1S/C6H13/c1-3-5-6-4-2/h3H,4-6H2,1-2H3/q+1. The van der Waals surface area contributed by atoms with Crippen LogP contribution in [0.5, 0.6) is 0 Å². The zero-order valence-electron chi connectivity index (χ0n) is 4.70. The lowest BCUT2D eigenvalue weighted by Gasteiger charge is -1.78. The lowest BCUT2D eigenvalue weighted by atomic mass is 10.2. The van der Waals surface area contributed by atoms with E-state index in [2.05, 4.69) is 20.3 Å². The number of unbranched alkanes of at least 4 members (excludes halogenated alkanes) is 3. The van der Waals surface area contributed by atoms with Crippen molar-refractivity contribution in [1.29, 1.82) is 0 Å². The topological polar surface area (TPSA) is 0 Å². The molecule has 0 bridgehead atoms. The maximum absolute atomic E-state index is 2.21. The van der Waals surface area contributed by atoms with E-state index in [1.807, 2.05) is 0 Å². The van der Waals surface area contributed by atoms with Crippen molar-refractivity contribution in [3.05, 3.63) is 6.42 Å². The van der Waals surface area contributed by atoms with Crippen molar-refractivity contribution in [2.75, 3.05) is 0 Å². The molecule has 0 atom stereocenters. The number of rotatable bonds is 3. The van der Waals surface area contributed by atoms with Crippen LogP contribution in [0.3, 0.4) is 0 Å². The summed E-state index contributed by atoms with van der Waals surface area (Å²) >= 11 is 0. The molecule has 0 aliphatic heterocycles. The molecule has 0 aromatic carbocycles. The Hall–Kier alpha value is -0.130. The Balaban J connectivity index is 2.34. The molecule has 0 spiro atoms. The van der Waals surface area contributed by atoms with Crippen molar-refractivity contribution in [1.82, 2.24) is 0 Å². The maximum Gasteiger partial charge on any atom is 0.0872 e. The zero-order chi connectivity index (χ0) is 4.83. The Kier molecular flexibility index (Phi) is 4.76. The first-order chi connectivity index (χ1) is 2.91. The smallest absolute Gasteiger partial charge is 0.0652 e. The minimum atomic E-state index is 1.29. The monoisotopic (exact) mass is 85.1 g/mol.